The van der Waals surface area contributed by atoms with E-state index in [1.807, 2.05) is 25.1 Å². The molecular weight excluding hydrogens is 406 g/mol. The van der Waals surface area contributed by atoms with Gasteiger partial charge < -0.3 is 14.8 Å². The summed E-state index contributed by atoms with van der Waals surface area (Å²) >= 11 is 0. The van der Waals surface area contributed by atoms with E-state index in [4.69, 9.17) is 9.47 Å². The molecule has 3 rings (SSSR count). The van der Waals surface area contributed by atoms with Crippen molar-refractivity contribution in [2.45, 2.75) is 11.8 Å². The van der Waals surface area contributed by atoms with Crippen molar-refractivity contribution >= 4 is 27.3 Å². The number of hydrogen-bond acceptors (Lipinski definition) is 6. The number of hydrogen-bond donors (Lipinski definition) is 2. The molecule has 0 saturated carbocycles. The molecule has 0 unspecified atom stereocenters. The summed E-state index contributed by atoms with van der Waals surface area (Å²) in [6.45, 7) is 1.92. The van der Waals surface area contributed by atoms with Gasteiger partial charge in [-0.1, -0.05) is 12.1 Å². The smallest absolute Gasteiger partial charge is 0.262 e. The number of nitrogens with one attached hydrogen (secondary N) is 2. The Morgan fingerprint density at radius 3 is 2.40 bits per heavy atom. The third-order valence-electron chi connectivity index (χ3n) is 4.19. The van der Waals surface area contributed by atoms with E-state index in [1.165, 1.54) is 50.9 Å². The number of sulfonamides is 1. The number of nitrogens with zero attached hydrogens (tertiary/aromatic N) is 1. The van der Waals surface area contributed by atoms with Gasteiger partial charge in [0, 0.05) is 18.0 Å². The molecule has 1 heterocycles. The van der Waals surface area contributed by atoms with Gasteiger partial charge in [-0.05, 0) is 42.8 Å². The van der Waals surface area contributed by atoms with Gasteiger partial charge in [-0.15, -0.1) is 0 Å². The van der Waals surface area contributed by atoms with Crippen LogP contribution in [-0.4, -0.2) is 33.5 Å². The molecule has 1 aromatic heterocycles. The quantitative estimate of drug-likeness (QED) is 0.598. The second kappa shape index (κ2) is 8.83. The topological polar surface area (TPSA) is 107 Å². The number of aromatic nitrogens is 1. The lowest BCUT2D eigenvalue weighted by atomic mass is 10.2. The van der Waals surface area contributed by atoms with Crippen molar-refractivity contribution in [3.05, 3.63) is 72.1 Å². The highest BCUT2D eigenvalue weighted by Crippen LogP contribution is 2.30. The van der Waals surface area contributed by atoms with Gasteiger partial charge in [-0.2, -0.15) is 0 Å². The number of aryl methyl sites for hydroxylation is 1. The fraction of sp³-hybridized carbons (Fsp3) is 0.143. The minimum atomic E-state index is -3.94. The predicted octanol–water partition coefficient (Wildman–Crippen LogP) is 3.46. The fourth-order valence-corrected chi connectivity index (χ4v) is 3.79. The van der Waals surface area contributed by atoms with Crippen molar-refractivity contribution in [2.24, 2.45) is 0 Å². The van der Waals surface area contributed by atoms with E-state index in [1.54, 1.807) is 6.07 Å². The van der Waals surface area contributed by atoms with Gasteiger partial charge in [0.1, 0.15) is 0 Å². The zero-order valence-electron chi connectivity index (χ0n) is 16.7. The van der Waals surface area contributed by atoms with Crippen molar-refractivity contribution in [3.8, 4) is 11.5 Å². The van der Waals surface area contributed by atoms with Crippen LogP contribution in [-0.2, 0) is 10.0 Å². The van der Waals surface area contributed by atoms with Crippen LogP contribution in [0.1, 0.15) is 15.9 Å². The zero-order valence-corrected chi connectivity index (χ0v) is 17.5. The van der Waals surface area contributed by atoms with Crippen LogP contribution < -0.4 is 19.5 Å². The lowest BCUT2D eigenvalue weighted by Gasteiger charge is -2.12. The Morgan fingerprint density at radius 2 is 1.70 bits per heavy atom. The second-order valence-corrected chi connectivity index (χ2v) is 8.09. The Balaban J connectivity index is 1.81. The van der Waals surface area contributed by atoms with Crippen molar-refractivity contribution in [1.29, 1.82) is 0 Å². The first-order valence-electron chi connectivity index (χ1n) is 8.90. The number of amides is 1. The largest absolute Gasteiger partial charge is 0.493 e. The third-order valence-corrected chi connectivity index (χ3v) is 5.57. The molecular formula is C21H21N3O5S. The number of carbonyl (C=O) groups excluding carboxylic acids is 1. The zero-order chi connectivity index (χ0) is 21.7. The van der Waals surface area contributed by atoms with E-state index in [2.05, 4.69) is 15.0 Å². The van der Waals surface area contributed by atoms with Crippen LogP contribution in [0.25, 0.3) is 0 Å². The minimum Gasteiger partial charge on any atom is -0.493 e. The number of anilines is 2. The summed E-state index contributed by atoms with van der Waals surface area (Å²) in [7, 11) is -1.06. The first-order valence-corrected chi connectivity index (χ1v) is 10.4. The van der Waals surface area contributed by atoms with Gasteiger partial charge >= 0.3 is 0 Å². The van der Waals surface area contributed by atoms with Crippen LogP contribution in [0.15, 0.2) is 65.8 Å². The molecule has 0 aliphatic carbocycles. The van der Waals surface area contributed by atoms with E-state index < -0.39 is 15.9 Å². The molecule has 156 valence electrons. The van der Waals surface area contributed by atoms with Crippen LogP contribution in [0, 0.1) is 6.92 Å². The molecule has 0 saturated heterocycles. The Morgan fingerprint density at radius 1 is 0.933 bits per heavy atom. The number of pyridine rings is 1. The van der Waals surface area contributed by atoms with Crippen molar-refractivity contribution in [3.63, 3.8) is 0 Å². The Bertz CT molecular complexity index is 1180. The maximum atomic E-state index is 12.7. The molecule has 9 heteroatoms. The van der Waals surface area contributed by atoms with Gasteiger partial charge in [0.05, 0.1) is 36.6 Å². The highest BCUT2D eigenvalue weighted by Gasteiger charge is 2.18. The number of methoxy groups -OCH3 is 2. The van der Waals surface area contributed by atoms with Gasteiger partial charge in [-0.25, -0.2) is 8.42 Å². The molecule has 0 radical (unpaired) electrons. The van der Waals surface area contributed by atoms with E-state index in [9.17, 15) is 13.2 Å². The van der Waals surface area contributed by atoms with E-state index in [-0.39, 0.29) is 21.9 Å². The first kappa shape index (κ1) is 21.1. The molecule has 2 N–H and O–H groups in total. The molecule has 0 aliphatic rings. The molecule has 0 bridgehead atoms. The Labute approximate surface area is 174 Å². The molecule has 8 nitrogen and oxygen atoms in total. The maximum absolute atomic E-state index is 12.7. The molecule has 0 spiro atoms. The lowest BCUT2D eigenvalue weighted by Crippen LogP contribution is -2.16. The molecule has 2 aromatic carbocycles. The average Bonchev–Trinajstić information content (AvgIpc) is 2.73. The monoisotopic (exact) mass is 427 g/mol. The van der Waals surface area contributed by atoms with Gasteiger partial charge in [0.15, 0.2) is 11.5 Å². The standard InChI is InChI=1S/C21H21N3O5S/c1-14-5-4-6-16(9-14)23-21(25)15-10-17(13-22-12-15)24-30(26,27)18-7-8-19(28-2)20(11-18)29-3/h4-13,24H,1-3H3,(H,23,25). The highest BCUT2D eigenvalue weighted by molar-refractivity contribution is 7.92. The number of ether oxygens (including phenoxy) is 2. The molecule has 3 aromatic rings. The molecule has 1 amide bonds. The summed E-state index contributed by atoms with van der Waals surface area (Å²) in [4.78, 5) is 16.5. The summed E-state index contributed by atoms with van der Waals surface area (Å²) in [5.41, 5.74) is 2.00. The SMILES string of the molecule is COc1ccc(S(=O)(=O)Nc2cncc(C(=O)Nc3cccc(C)c3)c2)cc1OC. The van der Waals surface area contributed by atoms with Crippen LogP contribution in [0.5, 0.6) is 11.5 Å². The van der Waals surface area contributed by atoms with Gasteiger partial charge in [0.2, 0.25) is 0 Å². The van der Waals surface area contributed by atoms with Crippen molar-refractivity contribution < 1.29 is 22.7 Å². The summed E-state index contributed by atoms with van der Waals surface area (Å²) in [5, 5.41) is 2.76. The van der Waals surface area contributed by atoms with Crippen molar-refractivity contribution in [2.75, 3.05) is 24.3 Å². The van der Waals surface area contributed by atoms with E-state index in [0.717, 1.165) is 5.56 Å². The normalized spacial score (nSPS) is 10.9. The van der Waals surface area contributed by atoms with Crippen LogP contribution in [0.2, 0.25) is 0 Å². The number of benzene rings is 2. The van der Waals surface area contributed by atoms with E-state index >= 15 is 0 Å². The summed E-state index contributed by atoms with van der Waals surface area (Å²) in [6, 6.07) is 13.0. The van der Waals surface area contributed by atoms with E-state index in [0.29, 0.717) is 11.4 Å². The molecule has 30 heavy (non-hydrogen) atoms. The molecule has 0 aliphatic heterocycles. The molecule has 0 fully saturated rings. The van der Waals surface area contributed by atoms with Gasteiger partial charge in [0.25, 0.3) is 15.9 Å². The van der Waals surface area contributed by atoms with Crippen LogP contribution >= 0.6 is 0 Å². The lowest BCUT2D eigenvalue weighted by molar-refractivity contribution is 0.102. The summed E-state index contributed by atoms with van der Waals surface area (Å²) < 4.78 is 38.2. The number of carbonyl (C=O) groups is 1. The first-order chi connectivity index (χ1) is 14.3. The summed E-state index contributed by atoms with van der Waals surface area (Å²) in [5.74, 6) is 0.290. The minimum absolute atomic E-state index is 0.0187. The maximum Gasteiger partial charge on any atom is 0.262 e. The van der Waals surface area contributed by atoms with Crippen LogP contribution in [0.3, 0.4) is 0 Å². The third kappa shape index (κ3) is 4.87. The molecule has 0 atom stereocenters. The Kier molecular flexibility index (Phi) is 6.22. The second-order valence-electron chi connectivity index (χ2n) is 6.41. The van der Waals surface area contributed by atoms with Crippen LogP contribution in [0.4, 0.5) is 11.4 Å². The fourth-order valence-electron chi connectivity index (χ4n) is 2.74. The van der Waals surface area contributed by atoms with Gasteiger partial charge in [-0.3, -0.25) is 14.5 Å². The number of rotatable bonds is 7. The average molecular weight is 427 g/mol. The Hall–Kier alpha value is -3.59. The summed E-state index contributed by atoms with van der Waals surface area (Å²) in [6.07, 6.45) is 2.68. The highest BCUT2D eigenvalue weighted by atomic mass is 32.2. The van der Waals surface area contributed by atoms with Crippen molar-refractivity contribution in [1.82, 2.24) is 4.98 Å². The predicted molar refractivity (Wildman–Crippen MR) is 114 cm³/mol.